The second-order valence-corrected chi connectivity index (χ2v) is 5.79. The van der Waals surface area contributed by atoms with Gasteiger partial charge in [-0.05, 0) is 25.7 Å². The number of carbonyl (C=O) groups excluding carboxylic acids is 2. The molecule has 1 amide bonds. The molecule has 0 spiro atoms. The molecular weight excluding hydrogens is 312 g/mol. The van der Waals surface area contributed by atoms with Crippen LogP contribution in [0.5, 0.6) is 0 Å². The highest BCUT2D eigenvalue weighted by atomic mass is 32.2. The molecule has 0 unspecified atom stereocenters. The fraction of sp³-hybridized carbons (Fsp3) is 0.353. The van der Waals surface area contributed by atoms with Crippen molar-refractivity contribution in [1.29, 1.82) is 0 Å². The Kier molecular flexibility index (Phi) is 5.60. The summed E-state index contributed by atoms with van der Waals surface area (Å²) in [5.74, 6) is -0.602. The van der Waals surface area contributed by atoms with Gasteiger partial charge in [0.1, 0.15) is 0 Å². The molecule has 0 aliphatic carbocycles. The van der Waals surface area contributed by atoms with Crippen LogP contribution >= 0.6 is 11.8 Å². The van der Waals surface area contributed by atoms with E-state index in [0.717, 1.165) is 5.56 Å². The van der Waals surface area contributed by atoms with Crippen LogP contribution in [-0.4, -0.2) is 34.8 Å². The summed E-state index contributed by atoms with van der Waals surface area (Å²) in [6.45, 7) is 5.28. The lowest BCUT2D eigenvalue weighted by molar-refractivity contribution is -0.139. The minimum atomic E-state index is -0.521. The quantitative estimate of drug-likeness (QED) is 0.798. The lowest BCUT2D eigenvalue weighted by atomic mass is 9.94. The highest BCUT2D eigenvalue weighted by molar-refractivity contribution is 8.13. The van der Waals surface area contributed by atoms with Crippen molar-refractivity contribution in [2.45, 2.75) is 26.8 Å². The van der Waals surface area contributed by atoms with E-state index < -0.39 is 12.0 Å². The van der Waals surface area contributed by atoms with Crippen LogP contribution in [0.4, 0.5) is 0 Å². The second kappa shape index (κ2) is 7.46. The van der Waals surface area contributed by atoms with Gasteiger partial charge in [-0.25, -0.2) is 9.79 Å². The van der Waals surface area contributed by atoms with Gasteiger partial charge in [0.25, 0.3) is 0 Å². The molecule has 0 fully saturated rings. The molecule has 0 N–H and O–H groups in total. The summed E-state index contributed by atoms with van der Waals surface area (Å²) in [4.78, 5) is 30.7. The predicted molar refractivity (Wildman–Crippen MR) is 92.0 cm³/mol. The predicted octanol–water partition coefficient (Wildman–Crippen LogP) is 3.15. The maximum Gasteiger partial charge on any atom is 0.338 e. The minimum absolute atomic E-state index is 0.166. The first kappa shape index (κ1) is 17.3. The molecule has 1 aromatic carbocycles. The Balaban J connectivity index is 2.64. The standard InChI is InChI=1S/C17H20N2O3S/c1-5-22-16(21)14-11(2)18-17(23-4)19(12(3)20)15(14)13-9-7-6-8-10-13/h6-10,15H,5H2,1-4H3/t15-/m0/s1. The molecular formula is C17H20N2O3S. The van der Waals surface area contributed by atoms with Gasteiger partial charge in [0.15, 0.2) is 5.17 Å². The second-order valence-electron chi connectivity index (χ2n) is 5.02. The summed E-state index contributed by atoms with van der Waals surface area (Å²) in [5.41, 5.74) is 1.84. The molecule has 1 aliphatic rings. The van der Waals surface area contributed by atoms with E-state index in [1.165, 1.54) is 18.7 Å². The van der Waals surface area contributed by atoms with Crippen LogP contribution < -0.4 is 0 Å². The molecule has 1 atom stereocenters. The van der Waals surface area contributed by atoms with Crippen LogP contribution in [-0.2, 0) is 14.3 Å². The number of carbonyl (C=O) groups is 2. The van der Waals surface area contributed by atoms with Gasteiger partial charge < -0.3 is 4.74 Å². The van der Waals surface area contributed by atoms with E-state index in [-0.39, 0.29) is 12.5 Å². The summed E-state index contributed by atoms with van der Waals surface area (Å²) in [6.07, 6.45) is 1.86. The number of thioether (sulfide) groups is 1. The topological polar surface area (TPSA) is 59.0 Å². The third kappa shape index (κ3) is 3.47. The fourth-order valence-corrected chi connectivity index (χ4v) is 3.23. The molecule has 122 valence electrons. The van der Waals surface area contributed by atoms with Crippen molar-refractivity contribution < 1.29 is 14.3 Å². The van der Waals surface area contributed by atoms with Crippen LogP contribution in [0.3, 0.4) is 0 Å². The molecule has 0 bridgehead atoms. The van der Waals surface area contributed by atoms with E-state index in [2.05, 4.69) is 4.99 Å². The summed E-state index contributed by atoms with van der Waals surface area (Å²) in [5, 5.41) is 0.580. The molecule has 23 heavy (non-hydrogen) atoms. The van der Waals surface area contributed by atoms with Crippen LogP contribution in [0, 0.1) is 0 Å². The number of aliphatic imine (C=N–C) groups is 1. The van der Waals surface area contributed by atoms with Gasteiger partial charge >= 0.3 is 5.97 Å². The van der Waals surface area contributed by atoms with Crippen molar-refractivity contribution >= 4 is 28.8 Å². The molecule has 2 rings (SSSR count). The van der Waals surface area contributed by atoms with Gasteiger partial charge in [0, 0.05) is 6.92 Å². The minimum Gasteiger partial charge on any atom is -0.463 e. The van der Waals surface area contributed by atoms with Crippen molar-refractivity contribution in [3.05, 3.63) is 47.2 Å². The Hall–Kier alpha value is -2.08. The van der Waals surface area contributed by atoms with Crippen molar-refractivity contribution in [1.82, 2.24) is 4.90 Å². The number of nitrogens with zero attached hydrogens (tertiary/aromatic N) is 2. The van der Waals surface area contributed by atoms with E-state index in [0.29, 0.717) is 16.4 Å². The third-order valence-electron chi connectivity index (χ3n) is 3.52. The van der Waals surface area contributed by atoms with E-state index in [1.54, 1.807) is 18.7 Å². The molecule has 1 aromatic rings. The first-order chi connectivity index (χ1) is 11.0. The van der Waals surface area contributed by atoms with Gasteiger partial charge in [-0.15, -0.1) is 0 Å². The fourth-order valence-electron chi connectivity index (χ4n) is 2.57. The Morgan fingerprint density at radius 2 is 1.96 bits per heavy atom. The number of allylic oxidation sites excluding steroid dienone is 1. The molecule has 0 saturated carbocycles. The molecule has 6 heteroatoms. The number of ether oxygens (including phenoxy) is 1. The van der Waals surface area contributed by atoms with Gasteiger partial charge in [-0.3, -0.25) is 9.69 Å². The lowest BCUT2D eigenvalue weighted by Gasteiger charge is -2.35. The summed E-state index contributed by atoms with van der Waals surface area (Å²) < 4.78 is 5.19. The van der Waals surface area contributed by atoms with Gasteiger partial charge in [0.2, 0.25) is 5.91 Å². The zero-order valence-electron chi connectivity index (χ0n) is 13.7. The molecule has 1 heterocycles. The largest absolute Gasteiger partial charge is 0.463 e. The number of hydrogen-bond acceptors (Lipinski definition) is 5. The number of amidine groups is 1. The SMILES string of the molecule is CCOC(=O)C1=C(C)N=C(SC)N(C(C)=O)[C@H]1c1ccccc1. The first-order valence-electron chi connectivity index (χ1n) is 7.36. The zero-order chi connectivity index (χ0) is 17.0. The first-order valence-corrected chi connectivity index (χ1v) is 8.59. The lowest BCUT2D eigenvalue weighted by Crippen LogP contribution is -2.42. The van der Waals surface area contributed by atoms with E-state index in [4.69, 9.17) is 4.74 Å². The van der Waals surface area contributed by atoms with Gasteiger partial charge in [-0.2, -0.15) is 0 Å². The molecule has 5 nitrogen and oxygen atoms in total. The Bertz CT molecular complexity index is 668. The molecule has 0 saturated heterocycles. The zero-order valence-corrected chi connectivity index (χ0v) is 14.5. The number of benzene rings is 1. The average Bonchev–Trinajstić information content (AvgIpc) is 2.54. The normalized spacial score (nSPS) is 17.8. The van der Waals surface area contributed by atoms with Crippen LogP contribution in [0.15, 0.2) is 46.6 Å². The molecule has 1 aliphatic heterocycles. The van der Waals surface area contributed by atoms with E-state index >= 15 is 0 Å². The summed E-state index contributed by atoms with van der Waals surface area (Å²) in [7, 11) is 0. The van der Waals surface area contributed by atoms with Crippen molar-refractivity contribution in [2.75, 3.05) is 12.9 Å². The third-order valence-corrected chi connectivity index (χ3v) is 4.18. The monoisotopic (exact) mass is 332 g/mol. The van der Waals surface area contributed by atoms with Crippen LogP contribution in [0.1, 0.15) is 32.4 Å². The maximum absolute atomic E-state index is 12.5. The Morgan fingerprint density at radius 1 is 1.30 bits per heavy atom. The number of hydrogen-bond donors (Lipinski definition) is 0. The van der Waals surface area contributed by atoms with Gasteiger partial charge in [-0.1, -0.05) is 42.1 Å². The van der Waals surface area contributed by atoms with Crippen molar-refractivity contribution in [3.8, 4) is 0 Å². The smallest absolute Gasteiger partial charge is 0.338 e. The number of rotatable bonds is 3. The highest BCUT2D eigenvalue weighted by Crippen LogP contribution is 2.37. The average molecular weight is 332 g/mol. The highest BCUT2D eigenvalue weighted by Gasteiger charge is 2.38. The number of esters is 1. The Morgan fingerprint density at radius 3 is 2.48 bits per heavy atom. The summed E-state index contributed by atoms with van der Waals surface area (Å²) in [6, 6.07) is 8.95. The summed E-state index contributed by atoms with van der Waals surface area (Å²) >= 11 is 1.38. The molecule has 0 aromatic heterocycles. The number of amides is 1. The van der Waals surface area contributed by atoms with Crippen molar-refractivity contribution in [2.24, 2.45) is 4.99 Å². The molecule has 0 radical (unpaired) electrons. The van der Waals surface area contributed by atoms with Crippen LogP contribution in [0.2, 0.25) is 0 Å². The van der Waals surface area contributed by atoms with Crippen molar-refractivity contribution in [3.63, 3.8) is 0 Å². The van der Waals surface area contributed by atoms with Gasteiger partial charge in [0.05, 0.1) is 23.9 Å². The van der Waals surface area contributed by atoms with E-state index in [1.807, 2.05) is 36.6 Å². The Labute approximate surface area is 140 Å². The van der Waals surface area contributed by atoms with Crippen LogP contribution in [0.25, 0.3) is 0 Å². The maximum atomic E-state index is 12.5. The van der Waals surface area contributed by atoms with E-state index in [9.17, 15) is 9.59 Å².